The predicted molar refractivity (Wildman–Crippen MR) is 119 cm³/mol. The second-order valence-corrected chi connectivity index (χ2v) is 15.8. The van der Waals surface area contributed by atoms with Gasteiger partial charge >= 0.3 is 0 Å². The van der Waals surface area contributed by atoms with Crippen molar-refractivity contribution in [2.45, 2.75) is 90.8 Å². The zero-order valence-electron chi connectivity index (χ0n) is 19.3. The van der Waals surface area contributed by atoms with Gasteiger partial charge in [0.2, 0.25) is 0 Å². The number of rotatable bonds is 7. The van der Waals surface area contributed by atoms with Crippen molar-refractivity contribution in [2.75, 3.05) is 13.2 Å². The molecule has 0 bridgehead atoms. The van der Waals surface area contributed by atoms with Crippen molar-refractivity contribution in [3.63, 3.8) is 0 Å². The summed E-state index contributed by atoms with van der Waals surface area (Å²) in [7, 11) is -1.77. The number of hydrogen-bond donors (Lipinski definition) is 1. The number of hydrogen-bond acceptors (Lipinski definition) is 2. The van der Waals surface area contributed by atoms with Crippen LogP contribution >= 0.6 is 0 Å². The summed E-state index contributed by atoms with van der Waals surface area (Å²) >= 11 is 0. The molecule has 0 saturated heterocycles. The Morgan fingerprint density at radius 2 is 1.48 bits per heavy atom. The van der Waals surface area contributed by atoms with Crippen molar-refractivity contribution < 1.29 is 9.53 Å². The summed E-state index contributed by atoms with van der Waals surface area (Å²) in [6.07, 6.45) is 0. The summed E-state index contributed by atoms with van der Waals surface area (Å²) in [6.45, 7) is 23.9. The zero-order valence-corrected chi connectivity index (χ0v) is 20.3. The topological polar surface area (TPSA) is 29.5 Å². The molecule has 0 aromatic heterocycles. The molecule has 1 aliphatic rings. The first kappa shape index (κ1) is 22.6. The summed E-state index contributed by atoms with van der Waals surface area (Å²) in [4.78, 5) is 0. The quantitative estimate of drug-likeness (QED) is 0.542. The predicted octanol–water partition coefficient (Wildman–Crippen LogP) is 6.45. The van der Waals surface area contributed by atoms with Gasteiger partial charge in [-0.2, -0.15) is 0 Å². The van der Waals surface area contributed by atoms with E-state index in [0.29, 0.717) is 23.7 Å². The molecule has 1 aliphatic carbocycles. The minimum Gasteiger partial charge on any atom is -0.417 e. The van der Waals surface area contributed by atoms with E-state index in [1.54, 1.807) is 0 Å². The highest BCUT2D eigenvalue weighted by atomic mass is 28.4. The molecule has 154 valence electrons. The summed E-state index contributed by atoms with van der Waals surface area (Å²) in [5.74, 6) is 1.72. The van der Waals surface area contributed by atoms with Crippen LogP contribution in [-0.4, -0.2) is 26.6 Å². The molecular formula is C24H42O2Si. The van der Waals surface area contributed by atoms with Crippen molar-refractivity contribution in [1.82, 2.24) is 0 Å². The fraction of sp³-hybridized carbons (Fsp3) is 0.750. The average molecular weight is 391 g/mol. The Morgan fingerprint density at radius 3 is 1.85 bits per heavy atom. The zero-order chi connectivity index (χ0) is 20.8. The van der Waals surface area contributed by atoms with E-state index in [0.717, 1.165) is 6.61 Å². The smallest absolute Gasteiger partial charge is 0.191 e. The Labute approximate surface area is 168 Å². The van der Waals surface area contributed by atoms with E-state index in [1.807, 2.05) is 0 Å². The van der Waals surface area contributed by atoms with Crippen molar-refractivity contribution >= 4 is 8.32 Å². The number of aliphatic hydroxyl groups excluding tert-OH is 1. The van der Waals surface area contributed by atoms with Crippen LogP contribution in [0, 0.1) is 11.8 Å². The lowest BCUT2D eigenvalue weighted by atomic mass is 9.86. The van der Waals surface area contributed by atoms with E-state index in [4.69, 9.17) is 4.43 Å². The Balaban J connectivity index is 2.31. The summed E-state index contributed by atoms with van der Waals surface area (Å²) in [5, 5.41) is 10.3. The third-order valence-electron chi connectivity index (χ3n) is 7.48. The molecule has 0 spiro atoms. The number of benzene rings is 1. The fourth-order valence-electron chi connectivity index (χ4n) is 3.90. The minimum atomic E-state index is -1.77. The van der Waals surface area contributed by atoms with Gasteiger partial charge in [-0.15, -0.1) is 0 Å². The summed E-state index contributed by atoms with van der Waals surface area (Å²) in [6, 6.07) is 7.12. The monoisotopic (exact) mass is 390 g/mol. The van der Waals surface area contributed by atoms with Crippen molar-refractivity contribution in [1.29, 1.82) is 0 Å². The molecular weight excluding hydrogens is 348 g/mol. The lowest BCUT2D eigenvalue weighted by Crippen LogP contribution is -2.41. The molecule has 27 heavy (non-hydrogen) atoms. The lowest BCUT2D eigenvalue weighted by molar-refractivity contribution is 0.232. The largest absolute Gasteiger partial charge is 0.417 e. The molecule has 1 aromatic carbocycles. The first-order valence-corrected chi connectivity index (χ1v) is 13.6. The second-order valence-electron chi connectivity index (χ2n) is 10.9. The van der Waals surface area contributed by atoms with E-state index in [-0.39, 0.29) is 17.1 Å². The van der Waals surface area contributed by atoms with E-state index in [1.165, 1.54) is 16.7 Å². The molecule has 0 heterocycles. The molecule has 0 radical (unpaired) electrons. The maximum atomic E-state index is 10.1. The van der Waals surface area contributed by atoms with Gasteiger partial charge in [0.1, 0.15) is 0 Å². The second kappa shape index (κ2) is 7.65. The van der Waals surface area contributed by atoms with Gasteiger partial charge < -0.3 is 9.53 Å². The third kappa shape index (κ3) is 4.36. The van der Waals surface area contributed by atoms with Crippen molar-refractivity contribution in [3.8, 4) is 0 Å². The molecule has 2 nitrogen and oxygen atoms in total. The highest BCUT2D eigenvalue weighted by Gasteiger charge is 2.62. The molecule has 1 aromatic rings. The van der Waals surface area contributed by atoms with Gasteiger partial charge in [0, 0.05) is 18.6 Å². The Bertz CT molecular complexity index is 631. The molecule has 2 rings (SSSR count). The van der Waals surface area contributed by atoms with Crippen LogP contribution in [0.4, 0.5) is 0 Å². The number of aliphatic hydroxyl groups is 1. The van der Waals surface area contributed by atoms with Gasteiger partial charge in [-0.3, -0.25) is 0 Å². The van der Waals surface area contributed by atoms with Crippen LogP contribution < -0.4 is 0 Å². The summed E-state index contributed by atoms with van der Waals surface area (Å²) < 4.78 is 6.55. The van der Waals surface area contributed by atoms with Crippen LogP contribution in [0.25, 0.3) is 0 Å². The van der Waals surface area contributed by atoms with Crippen LogP contribution in [0.1, 0.15) is 83.9 Å². The average Bonchev–Trinajstić information content (AvgIpc) is 3.16. The van der Waals surface area contributed by atoms with E-state index in [2.05, 4.69) is 86.7 Å². The first-order chi connectivity index (χ1) is 12.3. The highest BCUT2D eigenvalue weighted by molar-refractivity contribution is 6.74. The Hall–Kier alpha value is -0.643. The van der Waals surface area contributed by atoms with Gasteiger partial charge in [-0.1, -0.05) is 73.6 Å². The molecule has 0 amide bonds. The van der Waals surface area contributed by atoms with Gasteiger partial charge in [-0.25, -0.2) is 0 Å². The lowest BCUT2D eigenvalue weighted by Gasteiger charge is -2.36. The molecule has 3 heteroatoms. The molecule has 1 saturated carbocycles. The van der Waals surface area contributed by atoms with E-state index >= 15 is 0 Å². The Kier molecular flexibility index (Phi) is 6.41. The van der Waals surface area contributed by atoms with Crippen LogP contribution in [0.15, 0.2) is 18.2 Å². The molecule has 1 fully saturated rings. The van der Waals surface area contributed by atoms with Crippen molar-refractivity contribution in [2.24, 2.45) is 11.8 Å². The standard InChI is InChI=1S/C24H42O2Si/c1-16(2)18-11-19(17(3)4)13-20(12-18)24(8)21(14-25)22(24)15-26-27(9,10)23(5,6)7/h11-13,16-17,21-22,25H,14-15H2,1-10H3/t21?,22?,24-/m0/s1. The van der Waals surface area contributed by atoms with Crippen LogP contribution in [-0.2, 0) is 9.84 Å². The first-order valence-electron chi connectivity index (χ1n) is 10.7. The third-order valence-corrected chi connectivity index (χ3v) is 12.0. The highest BCUT2D eigenvalue weighted by Crippen LogP contribution is 2.60. The van der Waals surface area contributed by atoms with Crippen LogP contribution in [0.3, 0.4) is 0 Å². The SMILES string of the molecule is CC(C)c1cc(C(C)C)cc([C@@]2(C)C(CO)C2CO[Si](C)(C)C(C)(C)C)c1. The van der Waals surface area contributed by atoms with Gasteiger partial charge in [0.15, 0.2) is 8.32 Å². The van der Waals surface area contributed by atoms with Gasteiger partial charge in [0.05, 0.1) is 0 Å². The Morgan fingerprint density at radius 1 is 1.00 bits per heavy atom. The van der Waals surface area contributed by atoms with E-state index < -0.39 is 8.32 Å². The van der Waals surface area contributed by atoms with Crippen LogP contribution in [0.2, 0.25) is 18.1 Å². The molecule has 0 aliphatic heterocycles. The van der Waals surface area contributed by atoms with E-state index in [9.17, 15) is 5.11 Å². The fourth-order valence-corrected chi connectivity index (χ4v) is 4.93. The molecule has 1 N–H and O–H groups in total. The summed E-state index contributed by atoms with van der Waals surface area (Å²) in [5.41, 5.74) is 4.22. The van der Waals surface area contributed by atoms with Crippen LogP contribution in [0.5, 0.6) is 0 Å². The normalized spacial score (nSPS) is 26.1. The molecule has 2 unspecified atom stereocenters. The maximum absolute atomic E-state index is 10.1. The molecule has 3 atom stereocenters. The van der Waals surface area contributed by atoms with Gasteiger partial charge in [0.25, 0.3) is 0 Å². The maximum Gasteiger partial charge on any atom is 0.191 e. The minimum absolute atomic E-state index is 0.0195. The van der Waals surface area contributed by atoms with Crippen molar-refractivity contribution in [3.05, 3.63) is 34.9 Å². The van der Waals surface area contributed by atoms with Gasteiger partial charge in [-0.05, 0) is 58.5 Å².